The van der Waals surface area contributed by atoms with Crippen LogP contribution in [-0.2, 0) is 0 Å². The van der Waals surface area contributed by atoms with E-state index in [1.54, 1.807) is 0 Å². The number of nitrogens with zero attached hydrogens (tertiary/aromatic N) is 2. The molecule has 0 bridgehead atoms. The molecule has 1 aliphatic rings. The van der Waals surface area contributed by atoms with Crippen molar-refractivity contribution in [2.45, 2.75) is 26.7 Å². The average molecular weight is 214 g/mol. The van der Waals surface area contributed by atoms with Gasteiger partial charge in [-0.2, -0.15) is 5.26 Å². The molecule has 0 aromatic heterocycles. The zero-order valence-corrected chi connectivity index (χ0v) is 10.0. The first kappa shape index (κ1) is 11.0. The summed E-state index contributed by atoms with van der Waals surface area (Å²) < 4.78 is 0. The predicted molar refractivity (Wildman–Crippen MR) is 66.5 cm³/mol. The molecule has 1 aliphatic heterocycles. The molecule has 16 heavy (non-hydrogen) atoms. The van der Waals surface area contributed by atoms with E-state index in [9.17, 15) is 0 Å². The molecule has 2 heteroatoms. The van der Waals surface area contributed by atoms with Gasteiger partial charge in [0.1, 0.15) is 0 Å². The Morgan fingerprint density at radius 1 is 1.44 bits per heavy atom. The van der Waals surface area contributed by atoms with E-state index in [2.05, 4.69) is 30.9 Å². The highest BCUT2D eigenvalue weighted by Gasteiger charge is 2.17. The van der Waals surface area contributed by atoms with Crippen LogP contribution in [0.1, 0.15) is 30.9 Å². The molecule has 1 heterocycles. The summed E-state index contributed by atoms with van der Waals surface area (Å²) in [5.41, 5.74) is 3.27. The molecule has 84 valence electrons. The molecular formula is C14H18N2. The summed E-state index contributed by atoms with van der Waals surface area (Å²) in [7, 11) is 0. The monoisotopic (exact) mass is 214 g/mol. The summed E-state index contributed by atoms with van der Waals surface area (Å²) >= 11 is 0. The minimum Gasteiger partial charge on any atom is -0.371 e. The van der Waals surface area contributed by atoms with Gasteiger partial charge in [-0.05, 0) is 49.4 Å². The Bertz CT molecular complexity index is 417. The molecule has 2 rings (SSSR count). The quantitative estimate of drug-likeness (QED) is 0.718. The van der Waals surface area contributed by atoms with E-state index < -0.39 is 0 Å². The minimum absolute atomic E-state index is 0.756. The Balaban J connectivity index is 2.23. The normalized spacial score (nSPS) is 20.6. The molecule has 1 saturated heterocycles. The van der Waals surface area contributed by atoms with Gasteiger partial charge in [-0.15, -0.1) is 0 Å². The van der Waals surface area contributed by atoms with Gasteiger partial charge in [0.25, 0.3) is 0 Å². The highest BCUT2D eigenvalue weighted by molar-refractivity contribution is 5.56. The lowest BCUT2D eigenvalue weighted by molar-refractivity contribution is 0.446. The van der Waals surface area contributed by atoms with Crippen molar-refractivity contribution >= 4 is 5.69 Å². The number of benzene rings is 1. The Morgan fingerprint density at radius 3 is 2.88 bits per heavy atom. The van der Waals surface area contributed by atoms with E-state index in [4.69, 9.17) is 5.26 Å². The maximum Gasteiger partial charge on any atom is 0.0991 e. The van der Waals surface area contributed by atoms with Crippen LogP contribution in [0.3, 0.4) is 0 Å². The van der Waals surface area contributed by atoms with Crippen LogP contribution in [0.5, 0.6) is 0 Å². The van der Waals surface area contributed by atoms with Gasteiger partial charge >= 0.3 is 0 Å². The molecule has 0 spiro atoms. The van der Waals surface area contributed by atoms with Crippen molar-refractivity contribution in [2.24, 2.45) is 5.92 Å². The van der Waals surface area contributed by atoms with Crippen molar-refractivity contribution in [3.63, 3.8) is 0 Å². The van der Waals surface area contributed by atoms with Crippen molar-refractivity contribution in [3.8, 4) is 6.07 Å². The summed E-state index contributed by atoms with van der Waals surface area (Å²) in [5.74, 6) is 0.781. The third-order valence-electron chi connectivity index (χ3n) is 3.32. The minimum atomic E-state index is 0.756. The molecule has 1 aromatic rings. The number of piperidine rings is 1. The third-order valence-corrected chi connectivity index (χ3v) is 3.32. The smallest absolute Gasteiger partial charge is 0.0991 e. The fourth-order valence-corrected chi connectivity index (χ4v) is 2.49. The topological polar surface area (TPSA) is 27.0 Å². The van der Waals surface area contributed by atoms with Gasteiger partial charge in [-0.25, -0.2) is 0 Å². The standard InChI is InChI=1S/C14H18N2/c1-11-4-3-7-16(10-11)14-6-5-13(9-15)8-12(14)2/h5-6,8,11H,3-4,7,10H2,1-2H3. The maximum absolute atomic E-state index is 8.84. The average Bonchev–Trinajstić information content (AvgIpc) is 2.28. The van der Waals surface area contributed by atoms with Crippen molar-refractivity contribution in [1.29, 1.82) is 5.26 Å². The van der Waals surface area contributed by atoms with Crippen LogP contribution in [0, 0.1) is 24.2 Å². The largest absolute Gasteiger partial charge is 0.371 e. The lowest BCUT2D eigenvalue weighted by Gasteiger charge is -2.33. The lowest BCUT2D eigenvalue weighted by atomic mass is 9.98. The van der Waals surface area contributed by atoms with E-state index in [-0.39, 0.29) is 0 Å². The second-order valence-corrected chi connectivity index (χ2v) is 4.81. The first-order valence-electron chi connectivity index (χ1n) is 5.96. The summed E-state index contributed by atoms with van der Waals surface area (Å²) in [4.78, 5) is 2.45. The highest BCUT2D eigenvalue weighted by atomic mass is 15.1. The fraction of sp³-hybridized carbons (Fsp3) is 0.500. The van der Waals surface area contributed by atoms with Gasteiger partial charge in [-0.3, -0.25) is 0 Å². The van der Waals surface area contributed by atoms with Gasteiger partial charge < -0.3 is 4.90 Å². The number of anilines is 1. The van der Waals surface area contributed by atoms with Crippen molar-refractivity contribution < 1.29 is 0 Å². The lowest BCUT2D eigenvalue weighted by Crippen LogP contribution is -2.34. The Kier molecular flexibility index (Phi) is 3.14. The molecule has 1 fully saturated rings. The highest BCUT2D eigenvalue weighted by Crippen LogP contribution is 2.26. The van der Waals surface area contributed by atoms with Gasteiger partial charge in [0, 0.05) is 18.8 Å². The summed E-state index contributed by atoms with van der Waals surface area (Å²) in [6.45, 7) is 6.70. The Labute approximate surface area is 97.5 Å². The molecule has 2 nitrogen and oxygen atoms in total. The molecule has 1 atom stereocenters. The second-order valence-electron chi connectivity index (χ2n) is 4.81. The molecule has 0 N–H and O–H groups in total. The van der Waals surface area contributed by atoms with Gasteiger partial charge in [0.05, 0.1) is 11.6 Å². The van der Waals surface area contributed by atoms with E-state index in [1.165, 1.54) is 24.1 Å². The SMILES string of the molecule is Cc1cc(C#N)ccc1N1CCCC(C)C1. The number of hydrogen-bond acceptors (Lipinski definition) is 2. The molecule has 1 aromatic carbocycles. The fourth-order valence-electron chi connectivity index (χ4n) is 2.49. The summed E-state index contributed by atoms with van der Waals surface area (Å²) in [5, 5.41) is 8.84. The molecule has 1 unspecified atom stereocenters. The van der Waals surface area contributed by atoms with Gasteiger partial charge in [0.15, 0.2) is 0 Å². The first-order valence-corrected chi connectivity index (χ1v) is 5.96. The van der Waals surface area contributed by atoms with Crippen LogP contribution in [0.2, 0.25) is 0 Å². The molecule has 0 radical (unpaired) electrons. The number of aryl methyl sites for hydroxylation is 1. The summed E-state index contributed by atoms with van der Waals surface area (Å²) in [6.07, 6.45) is 2.62. The zero-order chi connectivity index (χ0) is 11.5. The Morgan fingerprint density at radius 2 is 2.25 bits per heavy atom. The molecular weight excluding hydrogens is 196 g/mol. The van der Waals surface area contributed by atoms with Crippen molar-refractivity contribution in [1.82, 2.24) is 0 Å². The van der Waals surface area contributed by atoms with Crippen LogP contribution in [0.25, 0.3) is 0 Å². The number of hydrogen-bond donors (Lipinski definition) is 0. The first-order chi connectivity index (χ1) is 7.70. The third kappa shape index (κ3) is 2.19. The van der Waals surface area contributed by atoms with Crippen LogP contribution in [0.15, 0.2) is 18.2 Å². The second kappa shape index (κ2) is 4.57. The van der Waals surface area contributed by atoms with E-state index in [0.29, 0.717) is 0 Å². The van der Waals surface area contributed by atoms with Gasteiger partial charge in [-0.1, -0.05) is 6.92 Å². The van der Waals surface area contributed by atoms with Crippen molar-refractivity contribution in [3.05, 3.63) is 29.3 Å². The van der Waals surface area contributed by atoms with Crippen LogP contribution in [0.4, 0.5) is 5.69 Å². The van der Waals surface area contributed by atoms with E-state index in [1.807, 2.05) is 12.1 Å². The van der Waals surface area contributed by atoms with E-state index >= 15 is 0 Å². The predicted octanol–water partition coefficient (Wildman–Crippen LogP) is 3.10. The molecule has 0 saturated carbocycles. The van der Waals surface area contributed by atoms with Crippen LogP contribution in [-0.4, -0.2) is 13.1 Å². The van der Waals surface area contributed by atoms with Gasteiger partial charge in [0.2, 0.25) is 0 Å². The van der Waals surface area contributed by atoms with E-state index in [0.717, 1.165) is 24.6 Å². The van der Waals surface area contributed by atoms with Crippen LogP contribution < -0.4 is 4.90 Å². The van der Waals surface area contributed by atoms with Crippen LogP contribution >= 0.6 is 0 Å². The summed E-state index contributed by atoms with van der Waals surface area (Å²) in [6, 6.07) is 8.18. The zero-order valence-electron chi connectivity index (χ0n) is 10.0. The number of nitriles is 1. The maximum atomic E-state index is 8.84. The number of rotatable bonds is 1. The van der Waals surface area contributed by atoms with Crippen molar-refractivity contribution in [2.75, 3.05) is 18.0 Å². The molecule has 0 aliphatic carbocycles. The molecule has 0 amide bonds. The Hall–Kier alpha value is -1.49.